The molecule has 21 heavy (non-hydrogen) atoms. The highest BCUT2D eigenvalue weighted by Crippen LogP contribution is 2.28. The van der Waals surface area contributed by atoms with Crippen LogP contribution in [0.2, 0.25) is 0 Å². The molecule has 0 spiro atoms. The van der Waals surface area contributed by atoms with Gasteiger partial charge in [0.1, 0.15) is 0 Å². The zero-order valence-electron chi connectivity index (χ0n) is 14.1. The van der Waals surface area contributed by atoms with E-state index in [1.165, 1.54) is 12.8 Å². The van der Waals surface area contributed by atoms with Crippen LogP contribution in [0.25, 0.3) is 0 Å². The monoisotopic (exact) mass is 300 g/mol. The predicted molar refractivity (Wildman–Crippen MR) is 86.9 cm³/mol. The van der Waals surface area contributed by atoms with Crippen LogP contribution in [0.1, 0.15) is 12.8 Å². The SMILES string of the molecule is CN=C(NCCN(C)CCOC)N(C)CCOCC1CC1. The van der Waals surface area contributed by atoms with Crippen LogP contribution in [0.5, 0.6) is 0 Å². The van der Waals surface area contributed by atoms with Gasteiger partial charge in [0.2, 0.25) is 0 Å². The summed E-state index contributed by atoms with van der Waals surface area (Å²) in [7, 11) is 7.69. The lowest BCUT2D eigenvalue weighted by atomic mass is 10.5. The molecule has 0 atom stereocenters. The molecule has 0 unspecified atom stereocenters. The second-order valence-corrected chi connectivity index (χ2v) is 5.71. The molecule has 1 rings (SSSR count). The highest BCUT2D eigenvalue weighted by atomic mass is 16.5. The maximum atomic E-state index is 5.66. The van der Waals surface area contributed by atoms with E-state index in [9.17, 15) is 0 Å². The minimum absolute atomic E-state index is 0.765. The minimum Gasteiger partial charge on any atom is -0.383 e. The number of methoxy groups -OCH3 is 1. The summed E-state index contributed by atoms with van der Waals surface area (Å²) in [6, 6.07) is 0. The fourth-order valence-electron chi connectivity index (χ4n) is 1.94. The summed E-state index contributed by atoms with van der Waals surface area (Å²) in [6.07, 6.45) is 2.69. The first kappa shape index (κ1) is 18.2. The van der Waals surface area contributed by atoms with Crippen LogP contribution >= 0.6 is 0 Å². The summed E-state index contributed by atoms with van der Waals surface area (Å²) in [5, 5.41) is 3.38. The van der Waals surface area contributed by atoms with Crippen molar-refractivity contribution >= 4 is 5.96 Å². The van der Waals surface area contributed by atoms with Crippen molar-refractivity contribution in [2.45, 2.75) is 12.8 Å². The van der Waals surface area contributed by atoms with Crippen LogP contribution in [0.3, 0.4) is 0 Å². The van der Waals surface area contributed by atoms with Crippen molar-refractivity contribution in [2.24, 2.45) is 10.9 Å². The summed E-state index contributed by atoms with van der Waals surface area (Å²) >= 11 is 0. The van der Waals surface area contributed by atoms with E-state index < -0.39 is 0 Å². The fraction of sp³-hybridized carbons (Fsp3) is 0.933. The molecule has 6 heteroatoms. The Kier molecular flexibility index (Phi) is 9.37. The van der Waals surface area contributed by atoms with Gasteiger partial charge in [-0.25, -0.2) is 0 Å². The van der Waals surface area contributed by atoms with Gasteiger partial charge in [0.25, 0.3) is 0 Å². The Morgan fingerprint density at radius 1 is 1.19 bits per heavy atom. The number of nitrogens with zero attached hydrogens (tertiary/aromatic N) is 3. The average molecular weight is 300 g/mol. The third-order valence-corrected chi connectivity index (χ3v) is 3.65. The molecule has 0 bridgehead atoms. The van der Waals surface area contributed by atoms with Crippen LogP contribution in [-0.4, -0.2) is 90.0 Å². The van der Waals surface area contributed by atoms with Gasteiger partial charge in [0, 0.05) is 54.0 Å². The Balaban J connectivity index is 2.08. The second kappa shape index (κ2) is 10.8. The second-order valence-electron chi connectivity index (χ2n) is 5.71. The molecule has 1 fully saturated rings. The van der Waals surface area contributed by atoms with E-state index >= 15 is 0 Å². The van der Waals surface area contributed by atoms with Gasteiger partial charge in [-0.2, -0.15) is 0 Å². The van der Waals surface area contributed by atoms with E-state index in [1.807, 2.05) is 14.1 Å². The van der Waals surface area contributed by atoms with E-state index in [2.05, 4.69) is 27.2 Å². The molecular weight excluding hydrogens is 268 g/mol. The first-order chi connectivity index (χ1) is 10.2. The highest BCUT2D eigenvalue weighted by molar-refractivity contribution is 5.79. The molecule has 0 heterocycles. The van der Waals surface area contributed by atoms with E-state index in [-0.39, 0.29) is 0 Å². The molecule has 1 aliphatic carbocycles. The van der Waals surface area contributed by atoms with Crippen LogP contribution < -0.4 is 5.32 Å². The molecule has 1 aliphatic rings. The van der Waals surface area contributed by atoms with Crippen molar-refractivity contribution in [2.75, 3.05) is 74.3 Å². The first-order valence-electron chi connectivity index (χ1n) is 7.84. The van der Waals surface area contributed by atoms with Gasteiger partial charge in [0.05, 0.1) is 13.2 Å². The number of hydrogen-bond acceptors (Lipinski definition) is 4. The Labute approximate surface area is 129 Å². The first-order valence-corrected chi connectivity index (χ1v) is 7.84. The molecular formula is C15H32N4O2. The van der Waals surface area contributed by atoms with Crippen LogP contribution in [0.15, 0.2) is 4.99 Å². The van der Waals surface area contributed by atoms with E-state index in [4.69, 9.17) is 9.47 Å². The molecule has 6 nitrogen and oxygen atoms in total. The molecule has 124 valence electrons. The topological polar surface area (TPSA) is 49.3 Å². The van der Waals surface area contributed by atoms with E-state index in [1.54, 1.807) is 7.11 Å². The highest BCUT2D eigenvalue weighted by Gasteiger charge is 2.21. The normalized spacial score (nSPS) is 15.6. The lowest BCUT2D eigenvalue weighted by molar-refractivity contribution is 0.115. The quantitative estimate of drug-likeness (QED) is 0.342. The van der Waals surface area contributed by atoms with Crippen LogP contribution in [0, 0.1) is 5.92 Å². The van der Waals surface area contributed by atoms with Crippen LogP contribution in [0.4, 0.5) is 0 Å². The number of hydrogen-bond donors (Lipinski definition) is 1. The minimum atomic E-state index is 0.765. The number of likely N-dealkylation sites (N-methyl/N-ethyl adjacent to an activating group) is 2. The summed E-state index contributed by atoms with van der Waals surface area (Å²) < 4.78 is 10.7. The number of nitrogens with one attached hydrogen (secondary N) is 1. The Bertz CT molecular complexity index is 295. The number of guanidine groups is 1. The Morgan fingerprint density at radius 2 is 1.95 bits per heavy atom. The average Bonchev–Trinajstić information content (AvgIpc) is 3.30. The van der Waals surface area contributed by atoms with Gasteiger partial charge < -0.3 is 24.6 Å². The van der Waals surface area contributed by atoms with Gasteiger partial charge in [-0.05, 0) is 25.8 Å². The van der Waals surface area contributed by atoms with Crippen molar-refractivity contribution in [1.29, 1.82) is 0 Å². The van der Waals surface area contributed by atoms with Crippen molar-refractivity contribution in [3.05, 3.63) is 0 Å². The maximum absolute atomic E-state index is 5.66. The zero-order valence-corrected chi connectivity index (χ0v) is 14.1. The van der Waals surface area contributed by atoms with Crippen molar-refractivity contribution < 1.29 is 9.47 Å². The molecule has 0 amide bonds. The summed E-state index contributed by atoms with van der Waals surface area (Å²) in [6.45, 7) is 6.11. The van der Waals surface area contributed by atoms with E-state index in [0.717, 1.165) is 57.9 Å². The fourth-order valence-corrected chi connectivity index (χ4v) is 1.94. The molecule has 0 aromatic carbocycles. The predicted octanol–water partition coefficient (Wildman–Crippen LogP) is 0.498. The van der Waals surface area contributed by atoms with Gasteiger partial charge >= 0.3 is 0 Å². The van der Waals surface area contributed by atoms with Gasteiger partial charge in [0.15, 0.2) is 5.96 Å². The number of aliphatic imine (C=N–C) groups is 1. The number of rotatable bonds is 11. The van der Waals surface area contributed by atoms with Crippen molar-refractivity contribution in [3.63, 3.8) is 0 Å². The maximum Gasteiger partial charge on any atom is 0.193 e. The lowest BCUT2D eigenvalue weighted by Crippen LogP contribution is -2.43. The Hall–Kier alpha value is -0.850. The molecule has 0 aromatic heterocycles. The van der Waals surface area contributed by atoms with Gasteiger partial charge in [-0.1, -0.05) is 0 Å². The third kappa shape index (κ3) is 8.90. The number of ether oxygens (including phenoxy) is 2. The largest absolute Gasteiger partial charge is 0.383 e. The standard InChI is InChI=1S/C15H32N4O2/c1-16-15(17-7-8-18(2)9-11-20-4)19(3)10-12-21-13-14-5-6-14/h14H,5-13H2,1-4H3,(H,16,17). The Morgan fingerprint density at radius 3 is 2.57 bits per heavy atom. The summed E-state index contributed by atoms with van der Waals surface area (Å²) in [5.74, 6) is 1.75. The smallest absolute Gasteiger partial charge is 0.193 e. The lowest BCUT2D eigenvalue weighted by Gasteiger charge is -2.23. The molecule has 0 saturated heterocycles. The molecule has 1 saturated carbocycles. The van der Waals surface area contributed by atoms with E-state index in [0.29, 0.717) is 0 Å². The van der Waals surface area contributed by atoms with Gasteiger partial charge in [-0.3, -0.25) is 4.99 Å². The van der Waals surface area contributed by atoms with Crippen LogP contribution in [-0.2, 0) is 9.47 Å². The summed E-state index contributed by atoms with van der Waals surface area (Å²) in [4.78, 5) is 8.66. The third-order valence-electron chi connectivity index (χ3n) is 3.65. The molecule has 1 N–H and O–H groups in total. The zero-order chi connectivity index (χ0) is 15.5. The molecule has 0 aromatic rings. The van der Waals surface area contributed by atoms with Crippen molar-refractivity contribution in [1.82, 2.24) is 15.1 Å². The summed E-state index contributed by atoms with van der Waals surface area (Å²) in [5.41, 5.74) is 0. The van der Waals surface area contributed by atoms with Crippen molar-refractivity contribution in [3.8, 4) is 0 Å². The molecule has 0 radical (unpaired) electrons. The van der Waals surface area contributed by atoms with Gasteiger partial charge in [-0.15, -0.1) is 0 Å². The molecule has 0 aliphatic heterocycles.